The average molecular weight is 238 g/mol. The quantitative estimate of drug-likeness (QED) is 0.769. The standard InChI is InChI=1S/C11H11FN2O3/c1-5(15)6-3-7-8(4-9(6)17-2)13-11(12)14-10(7)16/h3-5,15H,1-2H3,(H,13,14,16). The van der Waals surface area contributed by atoms with Crippen LogP contribution in [0.4, 0.5) is 4.39 Å². The summed E-state index contributed by atoms with van der Waals surface area (Å²) < 4.78 is 18.0. The summed E-state index contributed by atoms with van der Waals surface area (Å²) in [5.74, 6) is 0.366. The van der Waals surface area contributed by atoms with Gasteiger partial charge in [0.15, 0.2) is 0 Å². The minimum absolute atomic E-state index is 0.188. The number of benzene rings is 1. The van der Waals surface area contributed by atoms with Crippen LogP contribution in [0.15, 0.2) is 16.9 Å². The molecule has 2 N–H and O–H groups in total. The van der Waals surface area contributed by atoms with Gasteiger partial charge in [0.25, 0.3) is 11.6 Å². The number of fused-ring (bicyclic) bond motifs is 1. The van der Waals surface area contributed by atoms with Crippen LogP contribution in [-0.4, -0.2) is 22.2 Å². The van der Waals surface area contributed by atoms with Crippen molar-refractivity contribution >= 4 is 10.9 Å². The van der Waals surface area contributed by atoms with Gasteiger partial charge in [-0.3, -0.25) is 9.78 Å². The van der Waals surface area contributed by atoms with Crippen LogP contribution in [0, 0.1) is 6.08 Å². The van der Waals surface area contributed by atoms with Crippen molar-refractivity contribution in [1.82, 2.24) is 9.97 Å². The number of nitrogens with one attached hydrogen (secondary N) is 1. The van der Waals surface area contributed by atoms with Crippen LogP contribution in [-0.2, 0) is 0 Å². The number of hydrogen-bond acceptors (Lipinski definition) is 4. The maximum absolute atomic E-state index is 12.9. The third-order valence-electron chi connectivity index (χ3n) is 2.48. The zero-order valence-corrected chi connectivity index (χ0v) is 9.32. The second kappa shape index (κ2) is 4.14. The van der Waals surface area contributed by atoms with E-state index >= 15 is 0 Å². The zero-order valence-electron chi connectivity index (χ0n) is 9.32. The molecule has 2 rings (SSSR count). The topological polar surface area (TPSA) is 75.2 Å². The predicted molar refractivity (Wildman–Crippen MR) is 59.5 cm³/mol. The van der Waals surface area contributed by atoms with Crippen LogP contribution in [0.5, 0.6) is 5.75 Å². The Labute approximate surface area is 95.9 Å². The van der Waals surface area contributed by atoms with Crippen molar-refractivity contribution in [3.63, 3.8) is 0 Å². The van der Waals surface area contributed by atoms with Crippen molar-refractivity contribution in [3.8, 4) is 5.75 Å². The number of aromatic nitrogens is 2. The molecular formula is C11H11FN2O3. The molecule has 1 atom stereocenters. The second-order valence-electron chi connectivity index (χ2n) is 3.64. The molecule has 0 saturated heterocycles. The number of nitrogens with zero attached hydrogens (tertiary/aromatic N) is 1. The first-order valence-electron chi connectivity index (χ1n) is 4.98. The van der Waals surface area contributed by atoms with Gasteiger partial charge in [-0.15, -0.1) is 0 Å². The molecule has 2 aromatic rings. The molecule has 1 unspecified atom stereocenters. The minimum atomic E-state index is -0.950. The van der Waals surface area contributed by atoms with E-state index in [0.29, 0.717) is 11.3 Å². The molecule has 0 radical (unpaired) electrons. The van der Waals surface area contributed by atoms with Gasteiger partial charge >= 0.3 is 0 Å². The number of halogens is 1. The number of hydrogen-bond donors (Lipinski definition) is 2. The Hall–Kier alpha value is -1.95. The Morgan fingerprint density at radius 2 is 2.24 bits per heavy atom. The van der Waals surface area contributed by atoms with Crippen LogP contribution < -0.4 is 10.3 Å². The highest BCUT2D eigenvalue weighted by atomic mass is 19.1. The fourth-order valence-corrected chi connectivity index (χ4v) is 1.66. The van der Waals surface area contributed by atoms with Crippen molar-refractivity contribution in [2.75, 3.05) is 7.11 Å². The molecule has 90 valence electrons. The Morgan fingerprint density at radius 3 is 2.82 bits per heavy atom. The molecule has 1 aromatic heterocycles. The minimum Gasteiger partial charge on any atom is -0.496 e. The molecule has 0 bridgehead atoms. The third kappa shape index (κ3) is 1.99. The second-order valence-corrected chi connectivity index (χ2v) is 3.64. The summed E-state index contributed by atoms with van der Waals surface area (Å²) in [4.78, 5) is 17.0. The Bertz CT molecular complexity index is 622. The summed E-state index contributed by atoms with van der Waals surface area (Å²) in [5.41, 5.74) is 0.0588. The molecule has 1 aromatic carbocycles. The summed E-state index contributed by atoms with van der Waals surface area (Å²) >= 11 is 0. The number of rotatable bonds is 2. The van der Waals surface area contributed by atoms with Crippen molar-refractivity contribution < 1.29 is 14.2 Å². The van der Waals surface area contributed by atoms with E-state index in [1.54, 1.807) is 6.92 Å². The molecule has 17 heavy (non-hydrogen) atoms. The molecule has 6 heteroatoms. The van der Waals surface area contributed by atoms with Gasteiger partial charge in [-0.25, -0.2) is 4.98 Å². The summed E-state index contributed by atoms with van der Waals surface area (Å²) in [6.45, 7) is 1.55. The SMILES string of the molecule is COc1cc2nc(F)[nH]c(=O)c2cc1C(C)O. The van der Waals surface area contributed by atoms with Crippen molar-refractivity contribution in [2.45, 2.75) is 13.0 Å². The number of aliphatic hydroxyl groups excluding tert-OH is 1. The van der Waals surface area contributed by atoms with Gasteiger partial charge in [-0.05, 0) is 13.0 Å². The first-order valence-corrected chi connectivity index (χ1v) is 4.98. The fourth-order valence-electron chi connectivity index (χ4n) is 1.66. The largest absolute Gasteiger partial charge is 0.496 e. The number of aliphatic hydroxyl groups is 1. The maximum atomic E-state index is 12.9. The van der Waals surface area contributed by atoms with Crippen molar-refractivity contribution in [1.29, 1.82) is 0 Å². The number of aromatic amines is 1. The van der Waals surface area contributed by atoms with E-state index in [1.807, 2.05) is 4.98 Å². The molecule has 1 heterocycles. The van der Waals surface area contributed by atoms with E-state index in [4.69, 9.17) is 4.74 Å². The summed E-state index contributed by atoms with van der Waals surface area (Å²) in [6, 6.07) is 2.87. The summed E-state index contributed by atoms with van der Waals surface area (Å²) in [7, 11) is 1.43. The first kappa shape index (κ1) is 11.5. The predicted octanol–water partition coefficient (Wildman–Crippen LogP) is 1.12. The van der Waals surface area contributed by atoms with Gasteiger partial charge in [0.05, 0.1) is 24.1 Å². The van der Waals surface area contributed by atoms with Gasteiger partial charge in [0.2, 0.25) is 0 Å². The lowest BCUT2D eigenvalue weighted by atomic mass is 10.1. The molecular weight excluding hydrogens is 227 g/mol. The molecule has 0 fully saturated rings. The third-order valence-corrected chi connectivity index (χ3v) is 2.48. The number of methoxy groups -OCH3 is 1. The van der Waals surface area contributed by atoms with Crippen LogP contribution in [0.2, 0.25) is 0 Å². The first-order chi connectivity index (χ1) is 8.02. The maximum Gasteiger partial charge on any atom is 0.289 e. The molecule has 0 aliphatic carbocycles. The van der Waals surface area contributed by atoms with E-state index in [9.17, 15) is 14.3 Å². The van der Waals surface area contributed by atoms with Crippen molar-refractivity contribution in [2.24, 2.45) is 0 Å². The van der Waals surface area contributed by atoms with Crippen LogP contribution in [0.1, 0.15) is 18.6 Å². The Morgan fingerprint density at radius 1 is 1.53 bits per heavy atom. The Kier molecular flexibility index (Phi) is 2.81. The smallest absolute Gasteiger partial charge is 0.289 e. The summed E-state index contributed by atoms with van der Waals surface area (Å²) in [6.07, 6.45) is -1.74. The molecule has 0 saturated carbocycles. The van der Waals surface area contributed by atoms with Gasteiger partial charge in [-0.2, -0.15) is 4.39 Å². The van der Waals surface area contributed by atoms with Crippen LogP contribution in [0.3, 0.4) is 0 Å². The molecule has 0 amide bonds. The van der Waals surface area contributed by atoms with E-state index in [-0.39, 0.29) is 10.9 Å². The lowest BCUT2D eigenvalue weighted by Crippen LogP contribution is -2.11. The normalized spacial score (nSPS) is 12.7. The van der Waals surface area contributed by atoms with Gasteiger partial charge < -0.3 is 9.84 Å². The highest BCUT2D eigenvalue weighted by Gasteiger charge is 2.13. The van der Waals surface area contributed by atoms with E-state index in [1.165, 1.54) is 19.2 Å². The van der Waals surface area contributed by atoms with Crippen molar-refractivity contribution in [3.05, 3.63) is 34.1 Å². The highest BCUT2D eigenvalue weighted by molar-refractivity contribution is 5.80. The zero-order chi connectivity index (χ0) is 12.6. The van der Waals surface area contributed by atoms with Gasteiger partial charge in [0.1, 0.15) is 5.75 Å². The van der Waals surface area contributed by atoms with Gasteiger partial charge in [-0.1, -0.05) is 0 Å². The van der Waals surface area contributed by atoms with E-state index in [0.717, 1.165) is 0 Å². The number of ether oxygens (including phenoxy) is 1. The van der Waals surface area contributed by atoms with Crippen LogP contribution in [0.25, 0.3) is 10.9 Å². The lowest BCUT2D eigenvalue weighted by Gasteiger charge is -2.11. The fraction of sp³-hybridized carbons (Fsp3) is 0.273. The number of H-pyrrole nitrogens is 1. The highest BCUT2D eigenvalue weighted by Crippen LogP contribution is 2.28. The van der Waals surface area contributed by atoms with E-state index in [2.05, 4.69) is 4.98 Å². The molecule has 5 nitrogen and oxygen atoms in total. The Balaban J connectivity index is 2.83. The monoisotopic (exact) mass is 238 g/mol. The lowest BCUT2D eigenvalue weighted by molar-refractivity contribution is 0.194. The van der Waals surface area contributed by atoms with Gasteiger partial charge in [0, 0.05) is 11.6 Å². The molecule has 0 spiro atoms. The molecule has 0 aliphatic heterocycles. The van der Waals surface area contributed by atoms with E-state index < -0.39 is 17.7 Å². The molecule has 0 aliphatic rings. The average Bonchev–Trinajstić information content (AvgIpc) is 2.26. The van der Waals surface area contributed by atoms with Crippen LogP contribution >= 0.6 is 0 Å². The summed E-state index contributed by atoms with van der Waals surface area (Å²) in [5, 5.41) is 9.77.